The van der Waals surface area contributed by atoms with E-state index in [2.05, 4.69) is 25.2 Å². The highest BCUT2D eigenvalue weighted by molar-refractivity contribution is 7.91. The number of nitrogens with one attached hydrogen (secondary N) is 3. The molecular weight excluding hydrogens is 386 g/mol. The summed E-state index contributed by atoms with van der Waals surface area (Å²) in [5.74, 6) is 0.770. The Morgan fingerprint density at radius 3 is 2.59 bits per heavy atom. The van der Waals surface area contributed by atoms with Crippen LogP contribution in [-0.2, 0) is 21.4 Å². The van der Waals surface area contributed by atoms with Crippen molar-refractivity contribution in [2.75, 3.05) is 0 Å². The third-order valence-electron chi connectivity index (χ3n) is 3.69. The van der Waals surface area contributed by atoms with Gasteiger partial charge in [0, 0.05) is 11.8 Å². The van der Waals surface area contributed by atoms with E-state index in [0.29, 0.717) is 11.6 Å². The zero-order valence-corrected chi connectivity index (χ0v) is 16.4. The van der Waals surface area contributed by atoms with E-state index < -0.39 is 16.1 Å². The lowest BCUT2D eigenvalue weighted by Crippen LogP contribution is -2.29. The standard InChI is InChI=1S/C17H19N5O3S2/c1-11-19-17(21-20-11)16(13-6-4-3-5-7-13)22-27(24,25)15-9-8-14(26-15)10-18-12(2)23/h3-9,16,22H,10H2,1-2H3,(H,18,23)(H,19,20,21). The maximum Gasteiger partial charge on any atom is 0.251 e. The maximum atomic E-state index is 12.9. The molecule has 1 amide bonds. The Kier molecular flexibility index (Phi) is 5.68. The molecule has 0 saturated heterocycles. The van der Waals surface area contributed by atoms with Crippen molar-refractivity contribution in [2.45, 2.75) is 30.6 Å². The minimum absolute atomic E-state index is 0.163. The number of sulfonamides is 1. The van der Waals surface area contributed by atoms with Crippen molar-refractivity contribution in [1.82, 2.24) is 25.2 Å². The summed E-state index contributed by atoms with van der Waals surface area (Å²) in [4.78, 5) is 16.1. The van der Waals surface area contributed by atoms with Crippen LogP contribution in [-0.4, -0.2) is 29.5 Å². The van der Waals surface area contributed by atoms with Crippen molar-refractivity contribution < 1.29 is 13.2 Å². The van der Waals surface area contributed by atoms with Crippen molar-refractivity contribution in [3.63, 3.8) is 0 Å². The minimum Gasteiger partial charge on any atom is -0.351 e. The molecule has 0 radical (unpaired) electrons. The summed E-state index contributed by atoms with van der Waals surface area (Å²) in [6.45, 7) is 3.45. The number of nitrogens with zero attached hydrogens (tertiary/aromatic N) is 2. The van der Waals surface area contributed by atoms with Gasteiger partial charge in [-0.3, -0.25) is 9.89 Å². The van der Waals surface area contributed by atoms with E-state index in [1.165, 1.54) is 13.0 Å². The highest BCUT2D eigenvalue weighted by atomic mass is 32.2. The number of aromatic nitrogens is 3. The zero-order valence-electron chi connectivity index (χ0n) is 14.8. The summed E-state index contributed by atoms with van der Waals surface area (Å²) in [7, 11) is -3.80. The summed E-state index contributed by atoms with van der Waals surface area (Å²) >= 11 is 1.11. The first kappa shape index (κ1) is 19.2. The summed E-state index contributed by atoms with van der Waals surface area (Å²) < 4.78 is 28.6. The van der Waals surface area contributed by atoms with Gasteiger partial charge in [0.15, 0.2) is 5.82 Å². The Morgan fingerprint density at radius 2 is 1.96 bits per heavy atom. The maximum absolute atomic E-state index is 12.9. The fourth-order valence-corrected chi connectivity index (χ4v) is 4.92. The molecule has 0 fully saturated rings. The van der Waals surface area contributed by atoms with Crippen LogP contribution < -0.4 is 10.0 Å². The highest BCUT2D eigenvalue weighted by Gasteiger charge is 2.27. The van der Waals surface area contributed by atoms with Crippen LogP contribution in [0.3, 0.4) is 0 Å². The van der Waals surface area contributed by atoms with Crippen LogP contribution in [0.2, 0.25) is 0 Å². The van der Waals surface area contributed by atoms with E-state index in [9.17, 15) is 13.2 Å². The number of amides is 1. The Bertz CT molecular complexity index is 1030. The average Bonchev–Trinajstić information content (AvgIpc) is 3.28. The number of hydrogen-bond acceptors (Lipinski definition) is 6. The summed E-state index contributed by atoms with van der Waals surface area (Å²) in [5.41, 5.74) is 0.732. The second-order valence-corrected chi connectivity index (χ2v) is 8.98. The number of thiophene rings is 1. The second kappa shape index (κ2) is 7.99. The molecule has 27 heavy (non-hydrogen) atoms. The molecule has 2 aromatic heterocycles. The molecule has 142 valence electrons. The van der Waals surface area contributed by atoms with Crippen LogP contribution in [0, 0.1) is 6.92 Å². The van der Waals surface area contributed by atoms with Crippen LogP contribution in [0.1, 0.15) is 35.1 Å². The van der Waals surface area contributed by atoms with Gasteiger partial charge in [-0.15, -0.1) is 11.3 Å². The highest BCUT2D eigenvalue weighted by Crippen LogP contribution is 2.26. The fraction of sp³-hybridized carbons (Fsp3) is 0.235. The third-order valence-corrected chi connectivity index (χ3v) is 6.69. The molecule has 2 heterocycles. The van der Waals surface area contributed by atoms with E-state index in [-0.39, 0.29) is 16.7 Å². The van der Waals surface area contributed by atoms with E-state index >= 15 is 0 Å². The predicted octanol–water partition coefficient (Wildman–Crippen LogP) is 1.88. The molecule has 8 nitrogen and oxygen atoms in total. The normalized spacial score (nSPS) is 12.7. The van der Waals surface area contributed by atoms with Gasteiger partial charge in [0.2, 0.25) is 5.91 Å². The van der Waals surface area contributed by atoms with Crippen molar-refractivity contribution in [2.24, 2.45) is 0 Å². The van der Waals surface area contributed by atoms with Gasteiger partial charge < -0.3 is 5.32 Å². The SMILES string of the molecule is CC(=O)NCc1ccc(S(=O)(=O)NC(c2ccccc2)c2n[nH]c(C)n2)s1. The summed E-state index contributed by atoms with van der Waals surface area (Å²) in [6.07, 6.45) is 0. The van der Waals surface area contributed by atoms with Gasteiger partial charge in [-0.05, 0) is 24.6 Å². The molecule has 3 aromatic rings. The number of carbonyl (C=O) groups is 1. The van der Waals surface area contributed by atoms with E-state index in [0.717, 1.165) is 21.8 Å². The topological polar surface area (TPSA) is 117 Å². The summed E-state index contributed by atoms with van der Waals surface area (Å²) in [5, 5.41) is 9.51. The molecule has 0 aliphatic carbocycles. The van der Waals surface area contributed by atoms with Crippen molar-refractivity contribution >= 4 is 27.3 Å². The number of aryl methyl sites for hydroxylation is 1. The van der Waals surface area contributed by atoms with Crippen molar-refractivity contribution in [1.29, 1.82) is 0 Å². The summed E-state index contributed by atoms with van der Waals surface area (Å²) in [6, 6.07) is 11.6. The molecule has 0 aliphatic heterocycles. The Morgan fingerprint density at radius 1 is 1.22 bits per heavy atom. The smallest absolute Gasteiger partial charge is 0.251 e. The van der Waals surface area contributed by atoms with Gasteiger partial charge in [-0.2, -0.15) is 9.82 Å². The quantitative estimate of drug-likeness (QED) is 0.555. The molecule has 0 aliphatic rings. The van der Waals surface area contributed by atoms with Crippen molar-refractivity contribution in [3.05, 3.63) is 64.6 Å². The number of aromatic amines is 1. The Balaban J connectivity index is 1.87. The first-order chi connectivity index (χ1) is 12.8. The first-order valence-electron chi connectivity index (χ1n) is 8.14. The van der Waals surface area contributed by atoms with Gasteiger partial charge in [0.05, 0.1) is 6.54 Å². The first-order valence-corrected chi connectivity index (χ1v) is 10.4. The van der Waals surface area contributed by atoms with Crippen LogP contribution in [0.15, 0.2) is 46.7 Å². The molecule has 1 unspecified atom stereocenters. The van der Waals surface area contributed by atoms with E-state index in [4.69, 9.17) is 0 Å². The largest absolute Gasteiger partial charge is 0.351 e. The Labute approximate surface area is 161 Å². The van der Waals surface area contributed by atoms with Gasteiger partial charge in [0.25, 0.3) is 10.0 Å². The molecule has 1 aromatic carbocycles. The van der Waals surface area contributed by atoms with Gasteiger partial charge in [-0.1, -0.05) is 30.3 Å². The number of H-pyrrole nitrogens is 1. The predicted molar refractivity (Wildman–Crippen MR) is 102 cm³/mol. The second-order valence-electron chi connectivity index (χ2n) is 5.87. The van der Waals surface area contributed by atoms with Crippen LogP contribution in [0.4, 0.5) is 0 Å². The van der Waals surface area contributed by atoms with Gasteiger partial charge in [0.1, 0.15) is 16.1 Å². The van der Waals surface area contributed by atoms with Gasteiger partial charge in [-0.25, -0.2) is 13.4 Å². The minimum atomic E-state index is -3.80. The lowest BCUT2D eigenvalue weighted by Gasteiger charge is -2.15. The average molecular weight is 406 g/mol. The van der Waals surface area contributed by atoms with Crippen LogP contribution >= 0.6 is 11.3 Å². The van der Waals surface area contributed by atoms with E-state index in [1.54, 1.807) is 13.0 Å². The lowest BCUT2D eigenvalue weighted by molar-refractivity contribution is -0.119. The van der Waals surface area contributed by atoms with Crippen LogP contribution in [0.5, 0.6) is 0 Å². The number of rotatable bonds is 7. The van der Waals surface area contributed by atoms with Crippen LogP contribution in [0.25, 0.3) is 0 Å². The fourth-order valence-electron chi connectivity index (χ4n) is 2.43. The molecule has 0 bridgehead atoms. The molecule has 3 N–H and O–H groups in total. The zero-order chi connectivity index (χ0) is 19.4. The molecule has 10 heteroatoms. The molecular formula is C17H19N5O3S2. The van der Waals surface area contributed by atoms with E-state index in [1.807, 2.05) is 30.3 Å². The molecule has 0 spiro atoms. The van der Waals surface area contributed by atoms with Gasteiger partial charge >= 0.3 is 0 Å². The van der Waals surface area contributed by atoms with Crippen molar-refractivity contribution in [3.8, 4) is 0 Å². The molecule has 3 rings (SSSR count). The number of benzene rings is 1. The lowest BCUT2D eigenvalue weighted by atomic mass is 10.1. The number of carbonyl (C=O) groups excluding carboxylic acids is 1. The number of hydrogen-bond donors (Lipinski definition) is 3. The third kappa shape index (κ3) is 4.79. The molecule has 0 saturated carbocycles. The monoisotopic (exact) mass is 405 g/mol. The Hall–Kier alpha value is -2.56. The molecule has 1 atom stereocenters.